The lowest BCUT2D eigenvalue weighted by Crippen LogP contribution is -2.28. The minimum Gasteiger partial charge on any atom is -0.338 e. The van der Waals surface area contributed by atoms with Gasteiger partial charge in [-0.15, -0.1) is 12.4 Å². The molecule has 0 radical (unpaired) electrons. The van der Waals surface area contributed by atoms with Gasteiger partial charge in [0.1, 0.15) is 0 Å². The third kappa shape index (κ3) is 3.52. The second-order valence-corrected chi connectivity index (χ2v) is 6.68. The van der Waals surface area contributed by atoms with Gasteiger partial charge in [0.15, 0.2) is 0 Å². The Labute approximate surface area is 150 Å². The van der Waals surface area contributed by atoms with Crippen LogP contribution in [0.15, 0.2) is 51.7 Å². The van der Waals surface area contributed by atoms with Crippen LogP contribution in [0.3, 0.4) is 0 Å². The maximum Gasteiger partial charge on any atom is 0.241 e. The van der Waals surface area contributed by atoms with Crippen molar-refractivity contribution in [3.8, 4) is 11.4 Å². The van der Waals surface area contributed by atoms with Crippen molar-refractivity contribution < 1.29 is 4.52 Å². The molecule has 0 amide bonds. The zero-order chi connectivity index (χ0) is 15.6. The summed E-state index contributed by atoms with van der Waals surface area (Å²) < 4.78 is 5.39. The molecule has 0 bridgehead atoms. The standard InChI is InChI=1S/C17H18N4OS.ClH/c18-15-9-21(8-14(15)12-4-2-1-3-5-12)10-16-19-17(20-22-16)13-6-7-23-11-13;/h1-7,11,14-15H,8-10,18H2;1H/t14-,15+;/m0./s1. The van der Waals surface area contributed by atoms with Crippen molar-refractivity contribution in [3.63, 3.8) is 0 Å². The van der Waals surface area contributed by atoms with Gasteiger partial charge in [-0.2, -0.15) is 16.3 Å². The second kappa shape index (κ2) is 7.44. The van der Waals surface area contributed by atoms with Crippen molar-refractivity contribution in [2.24, 2.45) is 5.73 Å². The van der Waals surface area contributed by atoms with Crippen LogP contribution in [0.4, 0.5) is 0 Å². The third-order valence-corrected chi connectivity index (χ3v) is 4.96. The van der Waals surface area contributed by atoms with Crippen LogP contribution in [-0.4, -0.2) is 34.2 Å². The predicted octanol–water partition coefficient (Wildman–Crippen LogP) is 3.15. The van der Waals surface area contributed by atoms with Gasteiger partial charge in [0.2, 0.25) is 11.7 Å². The summed E-state index contributed by atoms with van der Waals surface area (Å²) in [6.45, 7) is 2.41. The summed E-state index contributed by atoms with van der Waals surface area (Å²) in [5.41, 5.74) is 8.63. The first-order valence-corrected chi connectivity index (χ1v) is 8.62. The number of likely N-dealkylation sites (tertiary alicyclic amines) is 1. The Kier molecular flexibility index (Phi) is 5.30. The Hall–Kier alpha value is -1.73. The quantitative estimate of drug-likeness (QED) is 0.772. The summed E-state index contributed by atoms with van der Waals surface area (Å²) in [6.07, 6.45) is 0. The minimum atomic E-state index is 0. The lowest BCUT2D eigenvalue weighted by Gasteiger charge is -2.14. The molecule has 126 valence electrons. The van der Waals surface area contributed by atoms with E-state index in [-0.39, 0.29) is 18.4 Å². The zero-order valence-electron chi connectivity index (χ0n) is 13.0. The topological polar surface area (TPSA) is 68.2 Å². The van der Waals surface area contributed by atoms with Crippen LogP contribution in [0.25, 0.3) is 11.4 Å². The van der Waals surface area contributed by atoms with Crippen molar-refractivity contribution in [1.29, 1.82) is 0 Å². The van der Waals surface area contributed by atoms with Gasteiger partial charge in [-0.25, -0.2) is 0 Å². The number of hydrogen-bond donors (Lipinski definition) is 1. The first kappa shape index (κ1) is 17.1. The number of benzene rings is 1. The van der Waals surface area contributed by atoms with E-state index < -0.39 is 0 Å². The van der Waals surface area contributed by atoms with E-state index in [9.17, 15) is 0 Å². The minimum absolute atomic E-state index is 0. The molecule has 2 aromatic heterocycles. The molecule has 2 atom stereocenters. The van der Waals surface area contributed by atoms with Gasteiger partial charge >= 0.3 is 0 Å². The molecular weight excluding hydrogens is 344 g/mol. The predicted molar refractivity (Wildman–Crippen MR) is 97.3 cm³/mol. The molecule has 1 aliphatic rings. The van der Waals surface area contributed by atoms with Crippen molar-refractivity contribution in [1.82, 2.24) is 15.0 Å². The molecule has 0 aliphatic carbocycles. The summed E-state index contributed by atoms with van der Waals surface area (Å²) in [7, 11) is 0. The third-order valence-electron chi connectivity index (χ3n) is 4.27. The Balaban J connectivity index is 0.00000169. The highest BCUT2D eigenvalue weighted by Crippen LogP contribution is 2.27. The lowest BCUT2D eigenvalue weighted by atomic mass is 9.95. The van der Waals surface area contributed by atoms with Crippen LogP contribution in [0, 0.1) is 0 Å². The summed E-state index contributed by atoms with van der Waals surface area (Å²) in [4.78, 5) is 6.77. The molecule has 0 spiro atoms. The molecule has 3 aromatic rings. The van der Waals surface area contributed by atoms with E-state index in [1.54, 1.807) is 11.3 Å². The largest absolute Gasteiger partial charge is 0.338 e. The Bertz CT molecular complexity index is 762. The summed E-state index contributed by atoms with van der Waals surface area (Å²) in [5, 5.41) is 8.09. The number of nitrogens with zero attached hydrogens (tertiary/aromatic N) is 3. The summed E-state index contributed by atoms with van der Waals surface area (Å²) in [5.74, 6) is 1.66. The number of thiophene rings is 1. The molecule has 1 fully saturated rings. The molecule has 24 heavy (non-hydrogen) atoms. The highest BCUT2D eigenvalue weighted by Gasteiger charge is 2.32. The van der Waals surface area contributed by atoms with Gasteiger partial charge < -0.3 is 10.3 Å². The summed E-state index contributed by atoms with van der Waals surface area (Å²) in [6, 6.07) is 12.6. The molecule has 4 rings (SSSR count). The van der Waals surface area contributed by atoms with Crippen LogP contribution >= 0.6 is 23.7 Å². The Morgan fingerprint density at radius 1 is 1.21 bits per heavy atom. The van der Waals surface area contributed by atoms with E-state index in [1.807, 2.05) is 22.9 Å². The van der Waals surface area contributed by atoms with E-state index in [0.717, 1.165) is 18.7 Å². The smallest absolute Gasteiger partial charge is 0.241 e. The normalized spacial score (nSPS) is 20.9. The van der Waals surface area contributed by atoms with Crippen LogP contribution in [0.5, 0.6) is 0 Å². The van der Waals surface area contributed by atoms with E-state index >= 15 is 0 Å². The molecule has 5 nitrogen and oxygen atoms in total. The molecule has 2 N–H and O–H groups in total. The Morgan fingerprint density at radius 3 is 2.79 bits per heavy atom. The fourth-order valence-corrected chi connectivity index (χ4v) is 3.75. The van der Waals surface area contributed by atoms with E-state index in [1.165, 1.54) is 5.56 Å². The van der Waals surface area contributed by atoms with Gasteiger partial charge in [0.05, 0.1) is 6.54 Å². The average Bonchev–Trinajstić information content (AvgIpc) is 3.29. The number of nitrogens with two attached hydrogens (primary N) is 1. The summed E-state index contributed by atoms with van der Waals surface area (Å²) >= 11 is 1.63. The molecule has 1 aliphatic heterocycles. The fraction of sp³-hybridized carbons (Fsp3) is 0.294. The van der Waals surface area contributed by atoms with Gasteiger partial charge in [0.25, 0.3) is 0 Å². The lowest BCUT2D eigenvalue weighted by molar-refractivity contribution is 0.264. The zero-order valence-corrected chi connectivity index (χ0v) is 14.7. The molecule has 0 saturated carbocycles. The maximum atomic E-state index is 6.33. The Morgan fingerprint density at radius 2 is 2.04 bits per heavy atom. The monoisotopic (exact) mass is 362 g/mol. The maximum absolute atomic E-state index is 6.33. The van der Waals surface area contributed by atoms with Crippen molar-refractivity contribution in [3.05, 3.63) is 58.6 Å². The fourth-order valence-electron chi connectivity index (χ4n) is 3.11. The first-order valence-electron chi connectivity index (χ1n) is 7.67. The SMILES string of the molecule is Cl.N[C@@H]1CN(Cc2nc(-c3ccsc3)no2)C[C@H]1c1ccccc1. The van der Waals surface area contributed by atoms with Gasteiger partial charge in [-0.05, 0) is 17.0 Å². The van der Waals surface area contributed by atoms with E-state index in [4.69, 9.17) is 10.3 Å². The van der Waals surface area contributed by atoms with Crippen molar-refractivity contribution >= 4 is 23.7 Å². The van der Waals surface area contributed by atoms with Gasteiger partial charge in [0, 0.05) is 36.0 Å². The highest BCUT2D eigenvalue weighted by atomic mass is 35.5. The van der Waals surface area contributed by atoms with E-state index in [2.05, 4.69) is 39.3 Å². The van der Waals surface area contributed by atoms with Crippen molar-refractivity contribution in [2.75, 3.05) is 13.1 Å². The number of hydrogen-bond acceptors (Lipinski definition) is 6. The number of aromatic nitrogens is 2. The second-order valence-electron chi connectivity index (χ2n) is 5.90. The molecular formula is C17H19ClN4OS. The average molecular weight is 363 g/mol. The first-order chi connectivity index (χ1) is 11.3. The van der Waals surface area contributed by atoms with Gasteiger partial charge in [-0.3, -0.25) is 4.90 Å². The highest BCUT2D eigenvalue weighted by molar-refractivity contribution is 7.08. The van der Waals surface area contributed by atoms with E-state index in [0.29, 0.717) is 24.2 Å². The molecule has 7 heteroatoms. The molecule has 3 heterocycles. The number of rotatable bonds is 4. The van der Waals surface area contributed by atoms with Crippen LogP contribution in [0.1, 0.15) is 17.4 Å². The number of halogens is 1. The van der Waals surface area contributed by atoms with Gasteiger partial charge in [-0.1, -0.05) is 35.5 Å². The van der Waals surface area contributed by atoms with Crippen LogP contribution in [-0.2, 0) is 6.54 Å². The van der Waals surface area contributed by atoms with Crippen molar-refractivity contribution in [2.45, 2.75) is 18.5 Å². The molecule has 0 unspecified atom stereocenters. The molecule has 1 saturated heterocycles. The molecule has 1 aromatic carbocycles. The van der Waals surface area contributed by atoms with Crippen LogP contribution in [0.2, 0.25) is 0 Å². The van der Waals surface area contributed by atoms with Crippen LogP contribution < -0.4 is 5.73 Å².